The van der Waals surface area contributed by atoms with Crippen LogP contribution < -0.4 is 10.0 Å². The van der Waals surface area contributed by atoms with Crippen LogP contribution in [0.4, 0.5) is 0 Å². The Kier molecular flexibility index (Phi) is 8.11. The fraction of sp³-hybridized carbons (Fsp3) is 0.238. The topological polar surface area (TPSA) is 102 Å². The molecule has 8 heteroatoms. The van der Waals surface area contributed by atoms with Crippen molar-refractivity contribution in [1.82, 2.24) is 10.0 Å². The van der Waals surface area contributed by atoms with Gasteiger partial charge in [0.05, 0.1) is 0 Å². The van der Waals surface area contributed by atoms with Crippen LogP contribution in [0.15, 0.2) is 60.0 Å². The second-order valence-corrected chi connectivity index (χ2v) is 8.07. The standard InChI is InChI=1S/C21H24N2O5S/c1-16-8-10-19(11-9-16)14-22-21(25)17(2)28-20(24)15-23-29(26,27)13-12-18-6-4-3-5-7-18/h3-13,17,23H,14-15H2,1-2H3,(H,22,25)/b13-12+/t17-/m1/s1. The van der Waals surface area contributed by atoms with Crippen molar-refractivity contribution in [2.45, 2.75) is 26.5 Å². The summed E-state index contributed by atoms with van der Waals surface area (Å²) in [5.74, 6) is -1.31. The summed E-state index contributed by atoms with van der Waals surface area (Å²) in [5.41, 5.74) is 2.74. The summed E-state index contributed by atoms with van der Waals surface area (Å²) in [5, 5.41) is 3.63. The number of hydrogen-bond acceptors (Lipinski definition) is 5. The number of sulfonamides is 1. The first-order chi connectivity index (χ1) is 13.7. The highest BCUT2D eigenvalue weighted by Gasteiger charge is 2.18. The minimum absolute atomic E-state index is 0.303. The molecule has 1 atom stereocenters. The predicted octanol–water partition coefficient (Wildman–Crippen LogP) is 2.13. The van der Waals surface area contributed by atoms with Gasteiger partial charge < -0.3 is 10.1 Å². The maximum atomic E-state index is 12.0. The molecule has 0 heterocycles. The van der Waals surface area contributed by atoms with Gasteiger partial charge in [0.1, 0.15) is 6.54 Å². The maximum Gasteiger partial charge on any atom is 0.321 e. The number of amides is 1. The third kappa shape index (κ3) is 8.28. The number of ether oxygens (including phenoxy) is 1. The van der Waals surface area contributed by atoms with E-state index in [2.05, 4.69) is 10.0 Å². The van der Waals surface area contributed by atoms with Gasteiger partial charge in [-0.25, -0.2) is 13.1 Å². The van der Waals surface area contributed by atoms with Crippen molar-refractivity contribution in [3.05, 3.63) is 76.7 Å². The number of esters is 1. The zero-order valence-electron chi connectivity index (χ0n) is 16.3. The molecule has 2 N–H and O–H groups in total. The first-order valence-corrected chi connectivity index (χ1v) is 10.6. The van der Waals surface area contributed by atoms with Gasteiger partial charge in [-0.1, -0.05) is 60.2 Å². The van der Waals surface area contributed by atoms with Gasteiger partial charge in [0.25, 0.3) is 5.91 Å². The summed E-state index contributed by atoms with van der Waals surface area (Å²) >= 11 is 0. The van der Waals surface area contributed by atoms with Gasteiger partial charge in [0.15, 0.2) is 6.10 Å². The van der Waals surface area contributed by atoms with Gasteiger partial charge in [-0.3, -0.25) is 9.59 Å². The Morgan fingerprint density at radius 2 is 1.72 bits per heavy atom. The molecule has 0 bridgehead atoms. The fourth-order valence-electron chi connectivity index (χ4n) is 2.27. The lowest BCUT2D eigenvalue weighted by molar-refractivity contribution is -0.153. The van der Waals surface area contributed by atoms with Crippen molar-refractivity contribution in [1.29, 1.82) is 0 Å². The highest BCUT2D eigenvalue weighted by Crippen LogP contribution is 2.04. The molecule has 0 aliphatic carbocycles. The van der Waals surface area contributed by atoms with Crippen LogP contribution in [-0.4, -0.2) is 32.9 Å². The summed E-state index contributed by atoms with van der Waals surface area (Å²) in [6.07, 6.45) is 0.367. The highest BCUT2D eigenvalue weighted by atomic mass is 32.2. The first kappa shape index (κ1) is 22.3. The lowest BCUT2D eigenvalue weighted by Crippen LogP contribution is -2.38. The molecule has 29 heavy (non-hydrogen) atoms. The number of nitrogens with one attached hydrogen (secondary N) is 2. The highest BCUT2D eigenvalue weighted by molar-refractivity contribution is 7.92. The number of hydrogen-bond donors (Lipinski definition) is 2. The molecule has 0 aliphatic heterocycles. The molecule has 0 aliphatic rings. The van der Waals surface area contributed by atoms with Crippen molar-refractivity contribution in [2.24, 2.45) is 0 Å². The van der Waals surface area contributed by atoms with Gasteiger partial charge in [-0.05, 0) is 31.1 Å². The molecule has 1 amide bonds. The van der Waals surface area contributed by atoms with E-state index in [1.165, 1.54) is 13.0 Å². The van der Waals surface area contributed by atoms with Crippen LogP contribution in [0.5, 0.6) is 0 Å². The second-order valence-electron chi connectivity index (χ2n) is 6.42. The molecule has 0 unspecified atom stereocenters. The largest absolute Gasteiger partial charge is 0.452 e. The van der Waals surface area contributed by atoms with Crippen LogP contribution in [0, 0.1) is 6.92 Å². The summed E-state index contributed by atoms with van der Waals surface area (Å²) < 4.78 is 30.9. The Labute approximate surface area is 170 Å². The Hall–Kier alpha value is -2.97. The van der Waals surface area contributed by atoms with Gasteiger partial charge in [-0.15, -0.1) is 0 Å². The van der Waals surface area contributed by atoms with Crippen LogP contribution in [-0.2, 0) is 30.9 Å². The number of carbonyl (C=O) groups excluding carboxylic acids is 2. The third-order valence-electron chi connectivity index (χ3n) is 3.92. The van der Waals surface area contributed by atoms with Crippen LogP contribution in [0.1, 0.15) is 23.6 Å². The van der Waals surface area contributed by atoms with E-state index in [0.717, 1.165) is 16.5 Å². The molecule has 0 saturated heterocycles. The van der Waals surface area contributed by atoms with Crippen LogP contribution >= 0.6 is 0 Å². The smallest absolute Gasteiger partial charge is 0.321 e. The molecule has 0 fully saturated rings. The molecular weight excluding hydrogens is 392 g/mol. The van der Waals surface area contributed by atoms with Gasteiger partial charge in [0.2, 0.25) is 10.0 Å². The molecule has 2 aromatic carbocycles. The lowest BCUT2D eigenvalue weighted by atomic mass is 10.1. The second kappa shape index (κ2) is 10.5. The van der Waals surface area contributed by atoms with Crippen molar-refractivity contribution in [3.8, 4) is 0 Å². The number of carbonyl (C=O) groups is 2. The van der Waals surface area contributed by atoms with E-state index < -0.39 is 34.5 Å². The summed E-state index contributed by atoms with van der Waals surface area (Å²) in [7, 11) is -3.81. The Bertz CT molecular complexity index is 954. The van der Waals surface area contributed by atoms with Crippen molar-refractivity contribution in [3.63, 3.8) is 0 Å². The van der Waals surface area contributed by atoms with E-state index in [9.17, 15) is 18.0 Å². The Morgan fingerprint density at radius 1 is 1.07 bits per heavy atom. The average Bonchev–Trinajstić information content (AvgIpc) is 2.71. The third-order valence-corrected chi connectivity index (χ3v) is 4.96. The molecular formula is C21H24N2O5S. The van der Waals surface area contributed by atoms with Crippen LogP contribution in [0.2, 0.25) is 0 Å². The predicted molar refractivity (Wildman–Crippen MR) is 111 cm³/mol. The van der Waals surface area contributed by atoms with Crippen LogP contribution in [0.25, 0.3) is 6.08 Å². The number of benzene rings is 2. The van der Waals surface area contributed by atoms with Gasteiger partial charge >= 0.3 is 5.97 Å². The Balaban J connectivity index is 1.76. The van der Waals surface area contributed by atoms with E-state index >= 15 is 0 Å². The van der Waals surface area contributed by atoms with Crippen molar-refractivity contribution >= 4 is 28.0 Å². The molecule has 0 radical (unpaired) electrons. The summed E-state index contributed by atoms with van der Waals surface area (Å²) in [4.78, 5) is 23.9. The minimum atomic E-state index is -3.81. The molecule has 0 saturated carbocycles. The van der Waals surface area contributed by atoms with E-state index in [1.807, 2.05) is 37.3 Å². The van der Waals surface area contributed by atoms with Gasteiger partial charge in [-0.2, -0.15) is 0 Å². The number of rotatable bonds is 9. The van der Waals surface area contributed by atoms with E-state index in [0.29, 0.717) is 12.1 Å². The maximum absolute atomic E-state index is 12.0. The SMILES string of the molecule is Cc1ccc(CNC(=O)[C@@H](C)OC(=O)CNS(=O)(=O)/C=C/c2ccccc2)cc1. The van der Waals surface area contributed by atoms with E-state index in [4.69, 9.17) is 4.74 Å². The van der Waals surface area contributed by atoms with E-state index in [-0.39, 0.29) is 0 Å². The zero-order valence-corrected chi connectivity index (χ0v) is 17.1. The molecule has 154 valence electrons. The molecule has 0 aromatic heterocycles. The molecule has 0 spiro atoms. The lowest BCUT2D eigenvalue weighted by Gasteiger charge is -2.13. The number of aryl methyl sites for hydroxylation is 1. The minimum Gasteiger partial charge on any atom is -0.452 e. The molecule has 2 rings (SSSR count). The normalized spacial score (nSPS) is 12.5. The molecule has 2 aromatic rings. The average molecular weight is 416 g/mol. The van der Waals surface area contributed by atoms with E-state index in [1.54, 1.807) is 24.3 Å². The van der Waals surface area contributed by atoms with Crippen molar-refractivity contribution in [2.75, 3.05) is 6.54 Å². The monoisotopic (exact) mass is 416 g/mol. The van der Waals surface area contributed by atoms with Crippen LogP contribution in [0.3, 0.4) is 0 Å². The zero-order chi connectivity index (χ0) is 21.3. The first-order valence-electron chi connectivity index (χ1n) is 9.01. The van der Waals surface area contributed by atoms with Crippen molar-refractivity contribution < 1.29 is 22.7 Å². The quantitative estimate of drug-likeness (QED) is 0.610. The Morgan fingerprint density at radius 3 is 2.38 bits per heavy atom. The fourth-order valence-corrected chi connectivity index (χ4v) is 3.02. The molecule has 7 nitrogen and oxygen atoms in total. The summed E-state index contributed by atoms with van der Waals surface area (Å²) in [6, 6.07) is 16.5. The summed E-state index contributed by atoms with van der Waals surface area (Å²) in [6.45, 7) is 3.12. The van der Waals surface area contributed by atoms with Gasteiger partial charge in [0, 0.05) is 12.0 Å².